The number of fused-ring (bicyclic) bond motifs is 1. The van der Waals surface area contributed by atoms with E-state index in [1.807, 2.05) is 36.4 Å². The largest absolute Gasteiger partial charge is 0.355 e. The maximum Gasteiger partial charge on any atom is 0.263 e. The van der Waals surface area contributed by atoms with Gasteiger partial charge in [-0.05, 0) is 23.6 Å². The van der Waals surface area contributed by atoms with Crippen molar-refractivity contribution in [2.75, 3.05) is 0 Å². The van der Waals surface area contributed by atoms with Crippen molar-refractivity contribution in [3.8, 4) is 0 Å². The van der Waals surface area contributed by atoms with E-state index >= 15 is 0 Å². The summed E-state index contributed by atoms with van der Waals surface area (Å²) in [5.74, 6) is -0.126. The predicted octanol–water partition coefficient (Wildman–Crippen LogP) is 2.66. The summed E-state index contributed by atoms with van der Waals surface area (Å²) in [6.07, 6.45) is 1.82. The zero-order valence-electron chi connectivity index (χ0n) is 8.69. The molecule has 17 heavy (non-hydrogen) atoms. The van der Waals surface area contributed by atoms with E-state index in [0.29, 0.717) is 9.23 Å². The number of benzene rings is 1. The molecule has 3 rings (SSSR count). The zero-order chi connectivity index (χ0) is 11.8. The first-order valence-electron chi connectivity index (χ1n) is 5.05. The molecule has 2 aromatic rings. The van der Waals surface area contributed by atoms with Crippen LogP contribution in [0.1, 0.15) is 5.69 Å². The summed E-state index contributed by atoms with van der Waals surface area (Å²) in [5, 5.41) is 3.72. The minimum Gasteiger partial charge on any atom is -0.355 e. The van der Waals surface area contributed by atoms with Crippen LogP contribution in [0.4, 0.5) is 0 Å². The van der Waals surface area contributed by atoms with E-state index in [1.54, 1.807) is 0 Å². The highest BCUT2D eigenvalue weighted by Gasteiger charge is 2.22. The predicted molar refractivity (Wildman–Crippen MR) is 74.6 cm³/mol. The molecule has 0 radical (unpaired) electrons. The number of thioether (sulfide) groups is 1. The van der Waals surface area contributed by atoms with E-state index in [-0.39, 0.29) is 5.91 Å². The number of rotatable bonds is 1. The number of aromatic amines is 1. The molecule has 0 atom stereocenters. The molecule has 1 aliphatic rings. The number of carbonyl (C=O) groups is 1. The Bertz CT molecular complexity index is 624. The van der Waals surface area contributed by atoms with Crippen LogP contribution in [0.3, 0.4) is 0 Å². The van der Waals surface area contributed by atoms with Crippen molar-refractivity contribution in [1.29, 1.82) is 0 Å². The van der Waals surface area contributed by atoms with E-state index < -0.39 is 0 Å². The average Bonchev–Trinajstić information content (AvgIpc) is 2.82. The van der Waals surface area contributed by atoms with Crippen molar-refractivity contribution in [1.82, 2.24) is 10.3 Å². The summed E-state index contributed by atoms with van der Waals surface area (Å²) >= 11 is 6.22. The molecule has 1 aromatic carbocycles. The summed E-state index contributed by atoms with van der Waals surface area (Å²) in [6, 6.07) is 10.0. The number of thiocarbonyl (C=S) groups is 1. The molecule has 3 nitrogen and oxygen atoms in total. The van der Waals surface area contributed by atoms with E-state index in [2.05, 4.69) is 10.3 Å². The van der Waals surface area contributed by atoms with Gasteiger partial charge in [0.25, 0.3) is 5.91 Å². The molecule has 84 valence electrons. The standard InChI is InChI=1S/C12H8N2OS2/c15-11-10(17-12(16)14-11)6-8-5-7-3-1-2-4-9(7)13-8/h1-6,13H,(H,14,15,16)/b10-6-. The number of H-pyrrole nitrogens is 1. The van der Waals surface area contributed by atoms with Crippen molar-refractivity contribution >= 4 is 51.2 Å². The normalized spacial score (nSPS) is 18.0. The lowest BCUT2D eigenvalue weighted by atomic mass is 10.2. The van der Waals surface area contributed by atoms with Crippen LogP contribution in [0.25, 0.3) is 17.0 Å². The van der Waals surface area contributed by atoms with Gasteiger partial charge in [0.15, 0.2) is 0 Å². The molecule has 1 saturated heterocycles. The molecule has 1 amide bonds. The van der Waals surface area contributed by atoms with Gasteiger partial charge in [-0.25, -0.2) is 0 Å². The molecule has 0 saturated carbocycles. The van der Waals surface area contributed by atoms with Gasteiger partial charge in [0.05, 0.1) is 4.91 Å². The van der Waals surface area contributed by atoms with Crippen LogP contribution in [0.5, 0.6) is 0 Å². The van der Waals surface area contributed by atoms with Gasteiger partial charge < -0.3 is 10.3 Å². The number of nitrogens with one attached hydrogen (secondary N) is 2. The highest BCUT2D eigenvalue weighted by molar-refractivity contribution is 8.26. The fraction of sp³-hybridized carbons (Fsp3) is 0. The summed E-state index contributed by atoms with van der Waals surface area (Å²) < 4.78 is 0.511. The second-order valence-corrected chi connectivity index (χ2v) is 5.38. The number of aromatic nitrogens is 1. The van der Waals surface area contributed by atoms with E-state index in [4.69, 9.17) is 12.2 Å². The van der Waals surface area contributed by atoms with E-state index in [1.165, 1.54) is 11.8 Å². The Labute approximate surface area is 107 Å². The van der Waals surface area contributed by atoms with Gasteiger partial charge in [-0.2, -0.15) is 0 Å². The highest BCUT2D eigenvalue weighted by Crippen LogP contribution is 2.26. The summed E-state index contributed by atoms with van der Waals surface area (Å²) in [5.41, 5.74) is 1.97. The van der Waals surface area contributed by atoms with Gasteiger partial charge in [-0.15, -0.1) is 0 Å². The molecule has 0 spiro atoms. The number of hydrogen-bond donors (Lipinski definition) is 2. The van der Waals surface area contributed by atoms with Crippen LogP contribution in [0.2, 0.25) is 0 Å². The lowest BCUT2D eigenvalue weighted by molar-refractivity contribution is -0.115. The van der Waals surface area contributed by atoms with Crippen LogP contribution in [-0.4, -0.2) is 15.2 Å². The number of para-hydroxylation sites is 1. The van der Waals surface area contributed by atoms with Crippen LogP contribution in [0.15, 0.2) is 35.2 Å². The average molecular weight is 260 g/mol. The summed E-state index contributed by atoms with van der Waals surface area (Å²) in [6.45, 7) is 0. The number of amides is 1. The van der Waals surface area contributed by atoms with Crippen molar-refractivity contribution in [2.45, 2.75) is 0 Å². The summed E-state index contributed by atoms with van der Waals surface area (Å²) in [4.78, 5) is 15.4. The molecular formula is C12H8N2OS2. The first-order chi connectivity index (χ1) is 8.22. The SMILES string of the molecule is O=C1NC(=S)S/C1=C\c1cc2ccccc2[nH]1. The first-order valence-corrected chi connectivity index (χ1v) is 6.27. The molecule has 2 heterocycles. The quantitative estimate of drug-likeness (QED) is 0.612. The minimum absolute atomic E-state index is 0.126. The van der Waals surface area contributed by atoms with Gasteiger partial charge >= 0.3 is 0 Å². The molecule has 1 fully saturated rings. The Hall–Kier alpha value is -1.59. The van der Waals surface area contributed by atoms with Crippen LogP contribution < -0.4 is 5.32 Å². The lowest BCUT2D eigenvalue weighted by Gasteiger charge is -1.89. The zero-order valence-corrected chi connectivity index (χ0v) is 10.3. The van der Waals surface area contributed by atoms with Gasteiger partial charge in [0, 0.05) is 11.2 Å². The Morgan fingerprint density at radius 3 is 2.82 bits per heavy atom. The number of hydrogen-bond acceptors (Lipinski definition) is 3. The molecule has 1 aromatic heterocycles. The smallest absolute Gasteiger partial charge is 0.263 e. The van der Waals surface area contributed by atoms with Gasteiger partial charge in [-0.3, -0.25) is 4.79 Å². The maximum absolute atomic E-state index is 11.5. The molecule has 0 bridgehead atoms. The monoisotopic (exact) mass is 260 g/mol. The Morgan fingerprint density at radius 2 is 2.12 bits per heavy atom. The first kappa shape index (κ1) is 10.6. The third kappa shape index (κ3) is 1.99. The fourth-order valence-corrected chi connectivity index (χ4v) is 2.77. The second-order valence-electron chi connectivity index (χ2n) is 3.66. The van der Waals surface area contributed by atoms with Crippen LogP contribution in [-0.2, 0) is 4.79 Å². The maximum atomic E-state index is 11.5. The van der Waals surface area contributed by atoms with Crippen LogP contribution >= 0.6 is 24.0 Å². The van der Waals surface area contributed by atoms with Crippen molar-refractivity contribution < 1.29 is 4.79 Å². The molecule has 1 aliphatic heterocycles. The Balaban J connectivity index is 2.02. The highest BCUT2D eigenvalue weighted by atomic mass is 32.2. The Morgan fingerprint density at radius 1 is 1.29 bits per heavy atom. The molecular weight excluding hydrogens is 252 g/mol. The molecule has 0 unspecified atom stereocenters. The lowest BCUT2D eigenvalue weighted by Crippen LogP contribution is -2.17. The number of carbonyl (C=O) groups excluding carboxylic acids is 1. The minimum atomic E-state index is -0.126. The summed E-state index contributed by atoms with van der Waals surface area (Å²) in [7, 11) is 0. The van der Waals surface area contributed by atoms with Crippen molar-refractivity contribution in [2.24, 2.45) is 0 Å². The molecule has 5 heteroatoms. The van der Waals surface area contributed by atoms with E-state index in [0.717, 1.165) is 16.6 Å². The topological polar surface area (TPSA) is 44.9 Å². The Kier molecular flexibility index (Phi) is 2.49. The van der Waals surface area contributed by atoms with Crippen molar-refractivity contribution in [3.05, 3.63) is 40.9 Å². The second kappa shape index (κ2) is 4.01. The molecule has 0 aliphatic carbocycles. The fourth-order valence-electron chi connectivity index (χ4n) is 1.74. The molecule has 2 N–H and O–H groups in total. The van der Waals surface area contributed by atoms with E-state index in [9.17, 15) is 4.79 Å². The van der Waals surface area contributed by atoms with Gasteiger partial charge in [0.1, 0.15) is 4.32 Å². The third-order valence-corrected chi connectivity index (χ3v) is 3.64. The van der Waals surface area contributed by atoms with Gasteiger partial charge in [0.2, 0.25) is 0 Å². The van der Waals surface area contributed by atoms with Crippen LogP contribution in [0, 0.1) is 0 Å². The van der Waals surface area contributed by atoms with Crippen molar-refractivity contribution in [3.63, 3.8) is 0 Å². The van der Waals surface area contributed by atoms with Gasteiger partial charge in [-0.1, -0.05) is 42.2 Å². The third-order valence-electron chi connectivity index (χ3n) is 2.48.